The summed E-state index contributed by atoms with van der Waals surface area (Å²) in [6.45, 7) is 9.04. The first-order chi connectivity index (χ1) is 10.2. The van der Waals surface area contributed by atoms with Crippen LogP contribution in [0.3, 0.4) is 0 Å². The first-order valence-corrected chi connectivity index (χ1v) is 7.08. The van der Waals surface area contributed by atoms with E-state index < -0.39 is 29.7 Å². The molecule has 3 atom stereocenters. The Balaban J connectivity index is 3.04. The number of likely N-dealkylation sites (tertiary alicyclic amines) is 1. The van der Waals surface area contributed by atoms with Crippen molar-refractivity contribution in [3.8, 4) is 0 Å². The van der Waals surface area contributed by atoms with E-state index >= 15 is 0 Å². The van der Waals surface area contributed by atoms with E-state index in [4.69, 9.17) is 10.3 Å². The average Bonchev–Trinajstić information content (AvgIpc) is 2.76. The van der Waals surface area contributed by atoms with E-state index in [0.717, 1.165) is 0 Å². The molecular weight excluding hydrogens is 288 g/mol. The second-order valence-corrected chi connectivity index (χ2v) is 6.19. The fourth-order valence-corrected chi connectivity index (χ4v) is 2.60. The molecule has 0 aliphatic carbocycles. The molecule has 0 spiro atoms. The third kappa shape index (κ3) is 4.39. The molecule has 0 aromatic heterocycles. The van der Waals surface area contributed by atoms with Crippen LogP contribution in [-0.2, 0) is 9.53 Å². The zero-order chi connectivity index (χ0) is 16.9. The van der Waals surface area contributed by atoms with Crippen LogP contribution in [0, 0.1) is 5.92 Å². The molecule has 3 unspecified atom stereocenters. The molecule has 0 saturated carbocycles. The fraction of sp³-hybridized carbons (Fsp3) is 0.714. The van der Waals surface area contributed by atoms with Crippen molar-refractivity contribution in [2.45, 2.75) is 51.3 Å². The number of carbonyl (C=O) groups is 2. The molecule has 1 saturated heterocycles. The number of aliphatic carboxylic acids is 1. The standard InChI is InChI=1S/C14H22N4O4/c1-5-9-8-11(12(19)20)18(10(9)6-7-16-17-15)13(21)22-14(2,3)4/h5,9-11H,1,6-8H2,2-4H3,(H,19,20). The molecule has 1 aliphatic heterocycles. The van der Waals surface area contributed by atoms with E-state index in [0.29, 0.717) is 6.42 Å². The van der Waals surface area contributed by atoms with Gasteiger partial charge in [-0.2, -0.15) is 0 Å². The van der Waals surface area contributed by atoms with E-state index in [-0.39, 0.29) is 18.9 Å². The Kier molecular flexibility index (Phi) is 5.82. The van der Waals surface area contributed by atoms with Crippen LogP contribution in [-0.4, -0.2) is 46.3 Å². The summed E-state index contributed by atoms with van der Waals surface area (Å²) in [6.07, 6.45) is 1.61. The smallest absolute Gasteiger partial charge is 0.411 e. The van der Waals surface area contributed by atoms with Gasteiger partial charge in [-0.25, -0.2) is 9.59 Å². The topological polar surface area (TPSA) is 116 Å². The van der Waals surface area contributed by atoms with Crippen LogP contribution in [0.4, 0.5) is 4.79 Å². The van der Waals surface area contributed by atoms with Gasteiger partial charge >= 0.3 is 12.1 Å². The molecule has 1 amide bonds. The van der Waals surface area contributed by atoms with Crippen LogP contribution >= 0.6 is 0 Å². The molecule has 1 rings (SSSR count). The number of carboxylic acid groups (broad SMARTS) is 1. The van der Waals surface area contributed by atoms with E-state index in [1.165, 1.54) is 4.90 Å². The lowest BCUT2D eigenvalue weighted by molar-refractivity contribution is -0.142. The summed E-state index contributed by atoms with van der Waals surface area (Å²) in [5.74, 6) is -1.26. The Hall–Kier alpha value is -2.21. The van der Waals surface area contributed by atoms with Crippen LogP contribution < -0.4 is 0 Å². The van der Waals surface area contributed by atoms with Crippen molar-refractivity contribution in [3.05, 3.63) is 23.1 Å². The monoisotopic (exact) mass is 310 g/mol. The molecule has 8 heteroatoms. The third-order valence-electron chi connectivity index (χ3n) is 3.46. The normalized spacial score (nSPS) is 24.5. The highest BCUT2D eigenvalue weighted by Gasteiger charge is 2.47. The summed E-state index contributed by atoms with van der Waals surface area (Å²) in [6, 6.07) is -1.37. The molecule has 0 bridgehead atoms. The minimum absolute atomic E-state index is 0.178. The maximum atomic E-state index is 12.4. The zero-order valence-corrected chi connectivity index (χ0v) is 13.1. The molecule has 0 radical (unpaired) electrons. The van der Waals surface area contributed by atoms with Gasteiger partial charge in [0.1, 0.15) is 11.6 Å². The number of hydrogen-bond acceptors (Lipinski definition) is 4. The van der Waals surface area contributed by atoms with E-state index in [1.807, 2.05) is 0 Å². The van der Waals surface area contributed by atoms with Gasteiger partial charge < -0.3 is 9.84 Å². The van der Waals surface area contributed by atoms with Crippen LogP contribution in [0.5, 0.6) is 0 Å². The van der Waals surface area contributed by atoms with Crippen LogP contribution in [0.25, 0.3) is 10.4 Å². The molecule has 1 aliphatic rings. The molecule has 122 valence electrons. The van der Waals surface area contributed by atoms with Crippen molar-refractivity contribution in [3.63, 3.8) is 0 Å². The van der Waals surface area contributed by atoms with Crippen molar-refractivity contribution in [1.82, 2.24) is 4.90 Å². The Morgan fingerprint density at radius 2 is 2.18 bits per heavy atom. The van der Waals surface area contributed by atoms with Gasteiger partial charge in [-0.3, -0.25) is 4.90 Å². The highest BCUT2D eigenvalue weighted by Crippen LogP contribution is 2.34. The molecule has 0 aromatic rings. The summed E-state index contributed by atoms with van der Waals surface area (Å²) >= 11 is 0. The van der Waals surface area contributed by atoms with Gasteiger partial charge in [0, 0.05) is 17.5 Å². The molecule has 1 heterocycles. The van der Waals surface area contributed by atoms with Gasteiger partial charge in [-0.05, 0) is 45.1 Å². The van der Waals surface area contributed by atoms with Gasteiger partial charge in [0.25, 0.3) is 0 Å². The summed E-state index contributed by atoms with van der Waals surface area (Å²) in [4.78, 5) is 27.8. The van der Waals surface area contributed by atoms with E-state index in [9.17, 15) is 14.7 Å². The zero-order valence-electron chi connectivity index (χ0n) is 13.1. The first kappa shape index (κ1) is 17.8. The quantitative estimate of drug-likeness (QED) is 0.363. The van der Waals surface area contributed by atoms with Crippen molar-refractivity contribution in [2.75, 3.05) is 6.54 Å². The van der Waals surface area contributed by atoms with Gasteiger partial charge in [0.05, 0.1) is 0 Å². The van der Waals surface area contributed by atoms with Gasteiger partial charge in [0.2, 0.25) is 0 Å². The Bertz CT molecular complexity index is 494. The minimum Gasteiger partial charge on any atom is -0.480 e. The van der Waals surface area contributed by atoms with E-state index in [2.05, 4.69) is 16.6 Å². The molecule has 1 fully saturated rings. The number of ether oxygens (including phenoxy) is 1. The molecule has 1 N–H and O–H groups in total. The second kappa shape index (κ2) is 7.17. The largest absolute Gasteiger partial charge is 0.480 e. The van der Waals surface area contributed by atoms with Gasteiger partial charge in [-0.15, -0.1) is 6.58 Å². The second-order valence-electron chi connectivity index (χ2n) is 6.19. The first-order valence-electron chi connectivity index (χ1n) is 7.08. The van der Waals surface area contributed by atoms with E-state index in [1.54, 1.807) is 26.8 Å². The summed E-state index contributed by atoms with van der Waals surface area (Å²) in [7, 11) is 0. The van der Waals surface area contributed by atoms with Crippen molar-refractivity contribution >= 4 is 12.1 Å². The Labute approximate surface area is 129 Å². The third-order valence-corrected chi connectivity index (χ3v) is 3.46. The molecule has 8 nitrogen and oxygen atoms in total. The summed E-state index contributed by atoms with van der Waals surface area (Å²) in [5.41, 5.74) is 7.65. The molecular formula is C14H22N4O4. The minimum atomic E-state index is -1.08. The maximum Gasteiger partial charge on any atom is 0.411 e. The van der Waals surface area contributed by atoms with Crippen LogP contribution in [0.15, 0.2) is 17.8 Å². The molecule has 22 heavy (non-hydrogen) atoms. The van der Waals surface area contributed by atoms with Crippen LogP contribution in [0.1, 0.15) is 33.6 Å². The van der Waals surface area contributed by atoms with Crippen molar-refractivity contribution in [2.24, 2.45) is 11.0 Å². The molecule has 0 aromatic carbocycles. The van der Waals surface area contributed by atoms with Gasteiger partial charge in [-0.1, -0.05) is 11.2 Å². The lowest BCUT2D eigenvalue weighted by Gasteiger charge is -2.31. The Morgan fingerprint density at radius 3 is 2.64 bits per heavy atom. The highest BCUT2D eigenvalue weighted by atomic mass is 16.6. The number of carbonyl (C=O) groups excluding carboxylic acids is 1. The number of rotatable bonds is 5. The Morgan fingerprint density at radius 1 is 1.55 bits per heavy atom. The average molecular weight is 310 g/mol. The fourth-order valence-electron chi connectivity index (χ4n) is 2.60. The number of hydrogen-bond donors (Lipinski definition) is 1. The highest BCUT2D eigenvalue weighted by molar-refractivity contribution is 5.81. The lowest BCUT2D eigenvalue weighted by Crippen LogP contribution is -2.48. The van der Waals surface area contributed by atoms with Crippen LogP contribution in [0.2, 0.25) is 0 Å². The number of nitrogens with zero attached hydrogens (tertiary/aromatic N) is 4. The number of carboxylic acids is 1. The predicted molar refractivity (Wildman–Crippen MR) is 80.2 cm³/mol. The predicted octanol–water partition coefficient (Wildman–Crippen LogP) is 2.95. The maximum absolute atomic E-state index is 12.4. The lowest BCUT2D eigenvalue weighted by atomic mass is 9.97. The van der Waals surface area contributed by atoms with Gasteiger partial charge in [0.15, 0.2) is 0 Å². The van der Waals surface area contributed by atoms with Crippen molar-refractivity contribution in [1.29, 1.82) is 0 Å². The summed E-state index contributed by atoms with van der Waals surface area (Å²) in [5, 5.41) is 12.8. The van der Waals surface area contributed by atoms with Crippen molar-refractivity contribution < 1.29 is 19.4 Å². The number of amides is 1. The SMILES string of the molecule is C=CC1CC(C(=O)O)N(C(=O)OC(C)(C)C)C1CCN=[N+]=[N-]. The number of azide groups is 1. The summed E-state index contributed by atoms with van der Waals surface area (Å²) < 4.78 is 5.32.